The van der Waals surface area contributed by atoms with Gasteiger partial charge in [-0.15, -0.1) is 22.4 Å². The molecule has 48 valence electrons. The molecule has 1 unspecified atom stereocenters. The topological polar surface area (TPSA) is 26.0 Å². The predicted molar refractivity (Wildman–Crippen MR) is 48.5 cm³/mol. The fourth-order valence-electron chi connectivity index (χ4n) is 0.539. The molecule has 0 bridgehead atoms. The number of rotatable bonds is 3. The van der Waals surface area contributed by atoms with Gasteiger partial charge in [0.05, 0.1) is 0 Å². The molecule has 0 saturated heterocycles. The second-order valence-corrected chi connectivity index (χ2v) is 3.76. The van der Waals surface area contributed by atoms with Crippen LogP contribution < -0.4 is 5.73 Å². The van der Waals surface area contributed by atoms with Gasteiger partial charge < -0.3 is 5.73 Å². The standard InChI is InChI=1S/C5H13BIN/c1-3-4-6(7)5(2)8/h5H,3-4,8H2,1-2H3. The molecule has 0 saturated carbocycles. The van der Waals surface area contributed by atoms with E-state index in [-0.39, 0.29) is 0 Å². The van der Waals surface area contributed by atoms with Crippen LogP contribution in [0.2, 0.25) is 6.32 Å². The molecular weight excluding hydrogens is 212 g/mol. The quantitative estimate of drug-likeness (QED) is 0.574. The molecule has 0 aromatic rings. The van der Waals surface area contributed by atoms with Crippen molar-refractivity contribution in [3.63, 3.8) is 0 Å². The molecule has 0 amide bonds. The van der Waals surface area contributed by atoms with E-state index in [1.165, 1.54) is 12.7 Å². The fourth-order valence-corrected chi connectivity index (χ4v) is 1.16. The van der Waals surface area contributed by atoms with E-state index in [4.69, 9.17) is 5.73 Å². The van der Waals surface area contributed by atoms with Crippen LogP contribution in [0.3, 0.4) is 0 Å². The van der Waals surface area contributed by atoms with Gasteiger partial charge >= 0.3 is 0 Å². The number of hydrogen-bond acceptors (Lipinski definition) is 1. The molecule has 0 aromatic heterocycles. The van der Waals surface area contributed by atoms with E-state index in [0.29, 0.717) is 10.5 Å². The predicted octanol–water partition coefficient (Wildman–Crippen LogP) is 1.71. The molecule has 0 spiro atoms. The first kappa shape index (κ1) is 8.75. The van der Waals surface area contributed by atoms with Crippen LogP contribution in [0.15, 0.2) is 0 Å². The smallest absolute Gasteiger partial charge is 0.234 e. The molecule has 1 atom stereocenters. The average molecular weight is 225 g/mol. The Morgan fingerprint density at radius 2 is 2.25 bits per heavy atom. The van der Waals surface area contributed by atoms with Crippen LogP contribution in [0.5, 0.6) is 0 Å². The Labute approximate surface area is 65.4 Å². The number of nitrogens with two attached hydrogens (primary N) is 1. The third kappa shape index (κ3) is 3.72. The van der Waals surface area contributed by atoms with Crippen LogP contribution in [0.1, 0.15) is 20.3 Å². The Hall–Kier alpha value is 0.755. The summed E-state index contributed by atoms with van der Waals surface area (Å²) in [5.74, 6) is 0.357. The van der Waals surface area contributed by atoms with E-state index in [0.717, 1.165) is 0 Å². The SMILES string of the molecule is CCCB(I)C(C)N. The van der Waals surface area contributed by atoms with E-state index >= 15 is 0 Å². The molecule has 0 aromatic carbocycles. The molecule has 0 aliphatic rings. The zero-order chi connectivity index (χ0) is 6.57. The largest absolute Gasteiger partial charge is 0.334 e. The minimum absolute atomic E-state index is 0.357. The molecule has 0 fully saturated rings. The Kier molecular flexibility index (Phi) is 5.05. The highest BCUT2D eigenvalue weighted by Gasteiger charge is 2.11. The van der Waals surface area contributed by atoms with Crippen LogP contribution in [-0.4, -0.2) is 10.5 Å². The molecule has 0 radical (unpaired) electrons. The minimum Gasteiger partial charge on any atom is -0.334 e. The van der Waals surface area contributed by atoms with E-state index in [9.17, 15) is 0 Å². The summed E-state index contributed by atoms with van der Waals surface area (Å²) < 4.78 is 0.664. The molecule has 8 heavy (non-hydrogen) atoms. The second-order valence-electron chi connectivity index (χ2n) is 2.16. The van der Waals surface area contributed by atoms with E-state index in [1.807, 2.05) is 0 Å². The van der Waals surface area contributed by atoms with Gasteiger partial charge in [-0.1, -0.05) is 26.6 Å². The Morgan fingerprint density at radius 3 is 2.38 bits per heavy atom. The summed E-state index contributed by atoms with van der Waals surface area (Å²) in [6, 6.07) is 0. The third-order valence-electron chi connectivity index (χ3n) is 1.13. The van der Waals surface area contributed by atoms with Crippen molar-refractivity contribution in [2.24, 2.45) is 5.73 Å². The summed E-state index contributed by atoms with van der Waals surface area (Å²) in [7, 11) is 0. The first-order chi connectivity index (χ1) is 3.68. The van der Waals surface area contributed by atoms with Crippen molar-refractivity contribution < 1.29 is 0 Å². The van der Waals surface area contributed by atoms with Crippen molar-refractivity contribution in [2.45, 2.75) is 32.5 Å². The first-order valence-corrected chi connectivity index (χ1v) is 4.32. The molecule has 0 heterocycles. The van der Waals surface area contributed by atoms with Crippen LogP contribution in [-0.2, 0) is 0 Å². The van der Waals surface area contributed by atoms with Crippen molar-refractivity contribution in [2.75, 3.05) is 0 Å². The fraction of sp³-hybridized carbons (Fsp3) is 1.00. The van der Waals surface area contributed by atoms with Crippen LogP contribution in [0.25, 0.3) is 0 Å². The molecular formula is C5H13BIN. The molecule has 0 rings (SSSR count). The van der Waals surface area contributed by atoms with Crippen molar-refractivity contribution in [3.8, 4) is 0 Å². The average Bonchev–Trinajstić information content (AvgIpc) is 1.67. The summed E-state index contributed by atoms with van der Waals surface area (Å²) >= 11 is 2.41. The van der Waals surface area contributed by atoms with Gasteiger partial charge in [-0.3, -0.25) is 0 Å². The van der Waals surface area contributed by atoms with Crippen molar-refractivity contribution in [1.82, 2.24) is 0 Å². The van der Waals surface area contributed by atoms with E-state index in [1.54, 1.807) is 0 Å². The maximum Gasteiger partial charge on any atom is 0.234 e. The first-order valence-electron chi connectivity index (χ1n) is 3.08. The van der Waals surface area contributed by atoms with Gasteiger partial charge in [0.2, 0.25) is 4.57 Å². The van der Waals surface area contributed by atoms with Crippen LogP contribution in [0.4, 0.5) is 0 Å². The van der Waals surface area contributed by atoms with Gasteiger partial charge in [0, 0.05) is 0 Å². The highest BCUT2D eigenvalue weighted by Crippen LogP contribution is 2.06. The lowest BCUT2D eigenvalue weighted by molar-refractivity contribution is 0.971. The van der Waals surface area contributed by atoms with Gasteiger partial charge in [-0.25, -0.2) is 0 Å². The minimum atomic E-state index is 0.357. The van der Waals surface area contributed by atoms with Crippen molar-refractivity contribution in [3.05, 3.63) is 0 Å². The summed E-state index contributed by atoms with van der Waals surface area (Å²) in [5, 5.41) is 0. The normalized spacial score (nSPS) is 13.5. The Balaban J connectivity index is 3.17. The third-order valence-corrected chi connectivity index (χ3v) is 2.89. The molecule has 0 aliphatic heterocycles. The Bertz CT molecular complexity index is 58.4. The summed E-state index contributed by atoms with van der Waals surface area (Å²) in [5.41, 5.74) is 5.61. The number of hydrogen-bond donors (Lipinski definition) is 1. The highest BCUT2D eigenvalue weighted by molar-refractivity contribution is 14.1. The summed E-state index contributed by atoms with van der Waals surface area (Å²) in [6.45, 7) is 4.25. The second kappa shape index (κ2) is 4.62. The lowest BCUT2D eigenvalue weighted by Crippen LogP contribution is -2.30. The van der Waals surface area contributed by atoms with Gasteiger partial charge in [0.25, 0.3) is 0 Å². The molecule has 0 aliphatic carbocycles. The zero-order valence-electron chi connectivity index (χ0n) is 5.52. The van der Waals surface area contributed by atoms with Crippen molar-refractivity contribution >= 4 is 26.9 Å². The summed E-state index contributed by atoms with van der Waals surface area (Å²) in [4.78, 5) is 0. The molecule has 2 N–H and O–H groups in total. The van der Waals surface area contributed by atoms with Gasteiger partial charge in [-0.2, -0.15) is 0 Å². The highest BCUT2D eigenvalue weighted by atomic mass is 127. The Morgan fingerprint density at radius 1 is 1.75 bits per heavy atom. The van der Waals surface area contributed by atoms with Gasteiger partial charge in [0.1, 0.15) is 0 Å². The zero-order valence-corrected chi connectivity index (χ0v) is 7.68. The van der Waals surface area contributed by atoms with Crippen molar-refractivity contribution in [1.29, 1.82) is 0 Å². The molecule has 3 heteroatoms. The maximum atomic E-state index is 5.61. The lowest BCUT2D eigenvalue weighted by Gasteiger charge is -2.06. The van der Waals surface area contributed by atoms with Crippen LogP contribution in [0, 0.1) is 0 Å². The number of halogens is 1. The maximum absolute atomic E-state index is 5.61. The van der Waals surface area contributed by atoms with Crippen LogP contribution >= 0.6 is 22.4 Å². The lowest BCUT2D eigenvalue weighted by atomic mass is 9.67. The van der Waals surface area contributed by atoms with Gasteiger partial charge in [-0.05, 0) is 5.94 Å². The van der Waals surface area contributed by atoms with E-state index < -0.39 is 0 Å². The van der Waals surface area contributed by atoms with Gasteiger partial charge in [0.15, 0.2) is 0 Å². The summed E-state index contributed by atoms with van der Waals surface area (Å²) in [6.07, 6.45) is 2.49. The monoisotopic (exact) mass is 225 g/mol. The van der Waals surface area contributed by atoms with E-state index in [2.05, 4.69) is 36.2 Å². The molecule has 1 nitrogen and oxygen atoms in total.